The minimum absolute atomic E-state index is 0. The number of primary sulfonamides is 1. The number of anilines is 2. The Labute approximate surface area is 164 Å². The summed E-state index contributed by atoms with van der Waals surface area (Å²) in [6, 6.07) is 16.0. The summed E-state index contributed by atoms with van der Waals surface area (Å²) in [5.74, 6) is 0. The van der Waals surface area contributed by atoms with Crippen molar-refractivity contribution in [3.05, 3.63) is 54.6 Å². The SMILES string of the molecule is Br.NS(=O)(=O)c1ccc(Nc2nc3c(-c4ccccc4)[nH]nc3s2)cc1. The summed E-state index contributed by atoms with van der Waals surface area (Å²) >= 11 is 1.41. The number of sulfonamides is 1. The van der Waals surface area contributed by atoms with Gasteiger partial charge < -0.3 is 5.32 Å². The number of aromatic nitrogens is 3. The van der Waals surface area contributed by atoms with Gasteiger partial charge in [0, 0.05) is 11.3 Å². The lowest BCUT2D eigenvalue weighted by Crippen LogP contribution is -2.11. The van der Waals surface area contributed by atoms with Crippen molar-refractivity contribution in [3.8, 4) is 11.3 Å². The maximum absolute atomic E-state index is 11.3. The van der Waals surface area contributed by atoms with Crippen molar-refractivity contribution >= 4 is 59.5 Å². The number of benzene rings is 2. The first-order chi connectivity index (χ1) is 12.0. The zero-order chi connectivity index (χ0) is 17.4. The number of nitrogens with zero attached hydrogens (tertiary/aromatic N) is 2. The minimum Gasteiger partial charge on any atom is -0.331 e. The van der Waals surface area contributed by atoms with E-state index in [1.807, 2.05) is 30.3 Å². The molecule has 10 heteroatoms. The molecule has 134 valence electrons. The maximum Gasteiger partial charge on any atom is 0.238 e. The molecule has 2 aromatic heterocycles. The summed E-state index contributed by atoms with van der Waals surface area (Å²) in [6.07, 6.45) is 0. The van der Waals surface area contributed by atoms with E-state index in [2.05, 4.69) is 20.5 Å². The number of H-pyrrole nitrogens is 1. The molecule has 0 saturated carbocycles. The van der Waals surface area contributed by atoms with Gasteiger partial charge in [0.15, 0.2) is 9.96 Å². The molecule has 26 heavy (non-hydrogen) atoms. The lowest BCUT2D eigenvalue weighted by atomic mass is 10.1. The van der Waals surface area contributed by atoms with Crippen LogP contribution in [0.1, 0.15) is 0 Å². The van der Waals surface area contributed by atoms with Gasteiger partial charge in [-0.15, -0.1) is 17.0 Å². The highest BCUT2D eigenvalue weighted by Crippen LogP contribution is 2.32. The van der Waals surface area contributed by atoms with E-state index in [9.17, 15) is 8.42 Å². The predicted octanol–water partition coefficient (Wildman–Crippen LogP) is 3.66. The van der Waals surface area contributed by atoms with Crippen LogP contribution in [0.2, 0.25) is 0 Å². The van der Waals surface area contributed by atoms with Crippen LogP contribution in [-0.2, 0) is 10.0 Å². The Morgan fingerprint density at radius 1 is 1.04 bits per heavy atom. The molecule has 0 atom stereocenters. The number of hydrogen-bond acceptors (Lipinski definition) is 6. The van der Waals surface area contributed by atoms with Crippen LogP contribution in [0.15, 0.2) is 59.5 Å². The summed E-state index contributed by atoms with van der Waals surface area (Å²) in [4.78, 5) is 5.45. The Morgan fingerprint density at radius 3 is 2.38 bits per heavy atom. The van der Waals surface area contributed by atoms with E-state index in [-0.39, 0.29) is 21.9 Å². The average Bonchev–Trinajstić information content (AvgIpc) is 3.15. The number of hydrogen-bond donors (Lipinski definition) is 3. The predicted molar refractivity (Wildman–Crippen MR) is 109 cm³/mol. The quantitative estimate of drug-likeness (QED) is 0.437. The molecule has 4 rings (SSSR count). The van der Waals surface area contributed by atoms with Crippen molar-refractivity contribution in [2.24, 2.45) is 5.14 Å². The molecule has 0 amide bonds. The number of rotatable bonds is 4. The van der Waals surface area contributed by atoms with Gasteiger partial charge in [-0.2, -0.15) is 5.10 Å². The van der Waals surface area contributed by atoms with Crippen LogP contribution >= 0.6 is 28.3 Å². The van der Waals surface area contributed by atoms with Crippen LogP contribution < -0.4 is 10.5 Å². The van der Waals surface area contributed by atoms with E-state index < -0.39 is 10.0 Å². The van der Waals surface area contributed by atoms with Crippen LogP contribution in [0.4, 0.5) is 10.8 Å². The standard InChI is InChI=1S/C16H13N5O2S2.BrH/c17-25(22,23)12-8-6-11(7-9-12)18-16-19-14-13(20-21-15(14)24-16)10-4-2-1-3-5-10;/h1-9H,(H,18,19)(H,20,21)(H2,17,22,23);1H. The van der Waals surface area contributed by atoms with Gasteiger partial charge in [-0.1, -0.05) is 41.7 Å². The van der Waals surface area contributed by atoms with E-state index in [1.54, 1.807) is 12.1 Å². The molecule has 7 nitrogen and oxygen atoms in total. The molecule has 0 unspecified atom stereocenters. The van der Waals surface area contributed by atoms with Gasteiger partial charge in [0.25, 0.3) is 0 Å². The van der Waals surface area contributed by atoms with Crippen LogP contribution in [0.25, 0.3) is 21.6 Å². The fraction of sp³-hybridized carbons (Fsp3) is 0. The number of halogens is 1. The minimum atomic E-state index is -3.70. The third-order valence-corrected chi connectivity index (χ3v) is 5.41. The number of nitrogens with two attached hydrogens (primary N) is 1. The van der Waals surface area contributed by atoms with Crippen LogP contribution in [0.3, 0.4) is 0 Å². The van der Waals surface area contributed by atoms with Crippen molar-refractivity contribution in [2.45, 2.75) is 4.90 Å². The Hall–Kier alpha value is -2.27. The van der Waals surface area contributed by atoms with E-state index in [4.69, 9.17) is 5.14 Å². The van der Waals surface area contributed by atoms with Gasteiger partial charge >= 0.3 is 0 Å². The van der Waals surface area contributed by atoms with E-state index in [0.29, 0.717) is 10.8 Å². The number of aromatic amines is 1. The largest absolute Gasteiger partial charge is 0.331 e. The second-order valence-electron chi connectivity index (χ2n) is 5.33. The van der Waals surface area contributed by atoms with E-state index in [0.717, 1.165) is 21.6 Å². The Kier molecular flexibility index (Phi) is 5.10. The summed E-state index contributed by atoms with van der Waals surface area (Å²) in [7, 11) is -3.70. The van der Waals surface area contributed by atoms with Gasteiger partial charge in [-0.3, -0.25) is 5.10 Å². The highest BCUT2D eigenvalue weighted by molar-refractivity contribution is 8.93. The smallest absolute Gasteiger partial charge is 0.238 e. The first-order valence-electron chi connectivity index (χ1n) is 7.31. The summed E-state index contributed by atoms with van der Waals surface area (Å²) < 4.78 is 22.6. The van der Waals surface area contributed by atoms with Crippen molar-refractivity contribution in [1.82, 2.24) is 15.2 Å². The molecule has 0 fully saturated rings. The van der Waals surface area contributed by atoms with Crippen LogP contribution in [-0.4, -0.2) is 23.6 Å². The Balaban J connectivity index is 0.00000196. The van der Waals surface area contributed by atoms with Gasteiger partial charge in [0.2, 0.25) is 10.0 Å². The maximum atomic E-state index is 11.3. The van der Waals surface area contributed by atoms with Gasteiger partial charge in [-0.25, -0.2) is 18.5 Å². The van der Waals surface area contributed by atoms with Gasteiger partial charge in [0.05, 0.1) is 10.6 Å². The Bertz CT molecular complexity index is 1140. The third-order valence-electron chi connectivity index (χ3n) is 3.61. The van der Waals surface area contributed by atoms with Crippen molar-refractivity contribution in [2.75, 3.05) is 5.32 Å². The van der Waals surface area contributed by atoms with Gasteiger partial charge in [0.1, 0.15) is 5.52 Å². The highest BCUT2D eigenvalue weighted by atomic mass is 79.9. The molecule has 0 spiro atoms. The normalized spacial score (nSPS) is 11.3. The summed E-state index contributed by atoms with van der Waals surface area (Å²) in [5, 5.41) is 16.2. The highest BCUT2D eigenvalue weighted by Gasteiger charge is 2.14. The van der Waals surface area contributed by atoms with E-state index >= 15 is 0 Å². The lowest BCUT2D eigenvalue weighted by Gasteiger charge is -2.03. The molecular formula is C16H14BrN5O2S2. The molecule has 0 radical (unpaired) electrons. The molecule has 0 saturated heterocycles. The third kappa shape index (κ3) is 3.63. The number of nitrogens with one attached hydrogen (secondary N) is 2. The molecule has 4 N–H and O–H groups in total. The molecule has 0 bridgehead atoms. The first kappa shape index (κ1) is 18.5. The molecule has 4 aromatic rings. The molecule has 2 heterocycles. The number of thiazole rings is 1. The van der Waals surface area contributed by atoms with Crippen molar-refractivity contribution < 1.29 is 8.42 Å². The second kappa shape index (κ2) is 7.16. The molecule has 0 aliphatic carbocycles. The zero-order valence-corrected chi connectivity index (χ0v) is 16.6. The zero-order valence-electron chi connectivity index (χ0n) is 13.2. The van der Waals surface area contributed by atoms with E-state index in [1.165, 1.54) is 23.5 Å². The molecule has 0 aliphatic heterocycles. The van der Waals surface area contributed by atoms with Crippen LogP contribution in [0.5, 0.6) is 0 Å². The van der Waals surface area contributed by atoms with Crippen molar-refractivity contribution in [1.29, 1.82) is 0 Å². The monoisotopic (exact) mass is 451 g/mol. The topological polar surface area (TPSA) is 114 Å². The lowest BCUT2D eigenvalue weighted by molar-refractivity contribution is 0.598. The Morgan fingerprint density at radius 2 is 1.73 bits per heavy atom. The first-order valence-corrected chi connectivity index (χ1v) is 9.67. The fourth-order valence-corrected chi connectivity index (χ4v) is 3.76. The summed E-state index contributed by atoms with van der Waals surface area (Å²) in [5.41, 5.74) is 3.39. The number of fused-ring (bicyclic) bond motifs is 1. The fourth-order valence-electron chi connectivity index (χ4n) is 2.42. The molecule has 0 aliphatic rings. The summed E-state index contributed by atoms with van der Waals surface area (Å²) in [6.45, 7) is 0. The molecule has 2 aromatic carbocycles. The second-order valence-corrected chi connectivity index (χ2v) is 7.87. The van der Waals surface area contributed by atoms with Gasteiger partial charge in [-0.05, 0) is 24.3 Å². The molecular weight excluding hydrogens is 438 g/mol. The average molecular weight is 452 g/mol. The van der Waals surface area contributed by atoms with Crippen molar-refractivity contribution in [3.63, 3.8) is 0 Å². The van der Waals surface area contributed by atoms with Crippen LogP contribution in [0, 0.1) is 0 Å².